The zero-order valence-electron chi connectivity index (χ0n) is 21.6. The monoisotopic (exact) mass is 421 g/mol. The van der Waals surface area contributed by atoms with Gasteiger partial charge in [-0.05, 0) is 37.8 Å². The number of nitrogens with zero attached hydrogens (tertiary/aromatic N) is 1. The van der Waals surface area contributed by atoms with Crippen molar-refractivity contribution in [1.29, 1.82) is 0 Å². The molecule has 1 heterocycles. The van der Waals surface area contributed by atoms with E-state index in [9.17, 15) is 0 Å². The lowest BCUT2D eigenvalue weighted by Gasteiger charge is -2.32. The van der Waals surface area contributed by atoms with E-state index in [1.54, 1.807) is 0 Å². The summed E-state index contributed by atoms with van der Waals surface area (Å²) in [4.78, 5) is 2.81. The van der Waals surface area contributed by atoms with E-state index in [0.717, 1.165) is 0 Å². The molecule has 0 aliphatic carbocycles. The summed E-state index contributed by atoms with van der Waals surface area (Å²) in [6, 6.07) is 0. The minimum absolute atomic E-state index is 0.475. The van der Waals surface area contributed by atoms with Gasteiger partial charge in [0.2, 0.25) is 0 Å². The second kappa shape index (κ2) is 19.6. The third kappa shape index (κ3) is 17.6. The summed E-state index contributed by atoms with van der Waals surface area (Å²) in [6.07, 6.45) is 32.2. The van der Waals surface area contributed by atoms with Gasteiger partial charge in [0.1, 0.15) is 0 Å². The van der Waals surface area contributed by atoms with Crippen LogP contribution in [0.4, 0.5) is 0 Å². The molecule has 0 radical (unpaired) electrons. The smallest absolute Gasteiger partial charge is 0.00326 e. The van der Waals surface area contributed by atoms with Gasteiger partial charge >= 0.3 is 0 Å². The Morgan fingerprint density at radius 1 is 0.433 bits per heavy atom. The van der Waals surface area contributed by atoms with Crippen LogP contribution in [0.2, 0.25) is 0 Å². The lowest BCUT2D eigenvalue weighted by molar-refractivity contribution is 0.167. The molecule has 1 saturated heterocycles. The van der Waals surface area contributed by atoms with Crippen molar-refractivity contribution in [2.75, 3.05) is 19.6 Å². The minimum Gasteiger partial charge on any atom is -0.303 e. The van der Waals surface area contributed by atoms with Crippen LogP contribution in [0.15, 0.2) is 0 Å². The van der Waals surface area contributed by atoms with Crippen LogP contribution in [0.1, 0.15) is 162 Å². The molecule has 180 valence electrons. The van der Waals surface area contributed by atoms with E-state index >= 15 is 0 Å². The number of rotatable bonds is 3. The van der Waals surface area contributed by atoms with Gasteiger partial charge in [-0.2, -0.15) is 0 Å². The zero-order chi connectivity index (χ0) is 21.8. The summed E-state index contributed by atoms with van der Waals surface area (Å²) >= 11 is 0. The fourth-order valence-corrected chi connectivity index (χ4v) is 5.02. The van der Waals surface area contributed by atoms with Gasteiger partial charge in [-0.25, -0.2) is 0 Å². The molecule has 0 N–H and O–H groups in total. The SMILES string of the molecule is CCC(C)(C)CN1CCCCCCCCCCCCCCCCCCCCCCC1. The van der Waals surface area contributed by atoms with Gasteiger partial charge in [-0.15, -0.1) is 0 Å². The summed E-state index contributed by atoms with van der Waals surface area (Å²) in [5, 5.41) is 0. The average Bonchev–Trinajstić information content (AvgIpc) is 2.73. The van der Waals surface area contributed by atoms with Gasteiger partial charge in [0.25, 0.3) is 0 Å². The van der Waals surface area contributed by atoms with Crippen LogP contribution >= 0.6 is 0 Å². The molecule has 0 aromatic carbocycles. The second-order valence-corrected chi connectivity index (χ2v) is 11.2. The fraction of sp³-hybridized carbons (Fsp3) is 1.00. The quantitative estimate of drug-likeness (QED) is 0.438. The van der Waals surface area contributed by atoms with Crippen LogP contribution in [0.5, 0.6) is 0 Å². The molecule has 1 heteroatoms. The predicted octanol–water partition coefficient (Wildman–Crippen LogP) is 9.93. The first kappa shape index (κ1) is 28.0. The van der Waals surface area contributed by atoms with E-state index in [1.807, 2.05) is 0 Å². The summed E-state index contributed by atoms with van der Waals surface area (Å²) in [7, 11) is 0. The summed E-state index contributed by atoms with van der Waals surface area (Å²) in [5.41, 5.74) is 0.475. The molecule has 0 unspecified atom stereocenters. The standard InChI is InChI=1S/C29H59N/c1-4-29(2,3)28-30-26-24-22-20-18-16-14-12-10-8-6-5-7-9-11-13-15-17-19-21-23-25-27-30/h4-28H2,1-3H3. The molecule has 0 amide bonds. The van der Waals surface area contributed by atoms with E-state index in [0.29, 0.717) is 5.41 Å². The first-order valence-electron chi connectivity index (χ1n) is 14.4. The molecule has 0 atom stereocenters. The maximum absolute atomic E-state index is 2.81. The Hall–Kier alpha value is -0.0400. The summed E-state index contributed by atoms with van der Waals surface area (Å²) in [5.74, 6) is 0. The molecule has 1 rings (SSSR count). The molecular formula is C29H59N. The Balaban J connectivity index is 2.30. The largest absolute Gasteiger partial charge is 0.303 e. The highest BCUT2D eigenvalue weighted by Gasteiger charge is 2.19. The molecule has 0 bridgehead atoms. The molecule has 1 nitrogen and oxygen atoms in total. The fourth-order valence-electron chi connectivity index (χ4n) is 5.02. The Bertz CT molecular complexity index is 324. The Kier molecular flexibility index (Phi) is 18.3. The maximum Gasteiger partial charge on any atom is 0.00326 e. The summed E-state index contributed by atoms with van der Waals surface area (Å²) < 4.78 is 0. The maximum atomic E-state index is 2.81. The third-order valence-corrected chi connectivity index (χ3v) is 7.56. The van der Waals surface area contributed by atoms with Crippen molar-refractivity contribution in [2.24, 2.45) is 5.41 Å². The van der Waals surface area contributed by atoms with Crippen LogP contribution < -0.4 is 0 Å². The molecule has 1 fully saturated rings. The van der Waals surface area contributed by atoms with Gasteiger partial charge in [0.05, 0.1) is 0 Å². The van der Waals surface area contributed by atoms with Crippen molar-refractivity contribution in [3.63, 3.8) is 0 Å². The lowest BCUT2D eigenvalue weighted by Crippen LogP contribution is -2.35. The van der Waals surface area contributed by atoms with Gasteiger partial charge in [-0.3, -0.25) is 0 Å². The first-order valence-corrected chi connectivity index (χ1v) is 14.4. The van der Waals surface area contributed by atoms with Crippen LogP contribution in [0.25, 0.3) is 0 Å². The zero-order valence-corrected chi connectivity index (χ0v) is 21.6. The van der Waals surface area contributed by atoms with E-state index in [2.05, 4.69) is 25.7 Å². The van der Waals surface area contributed by atoms with Crippen molar-refractivity contribution >= 4 is 0 Å². The molecule has 1 aliphatic rings. The number of hydrogen-bond acceptors (Lipinski definition) is 1. The van der Waals surface area contributed by atoms with Gasteiger partial charge < -0.3 is 4.90 Å². The molecule has 0 spiro atoms. The van der Waals surface area contributed by atoms with Crippen LogP contribution in [-0.2, 0) is 0 Å². The first-order chi connectivity index (χ1) is 14.6. The van der Waals surface area contributed by atoms with Crippen molar-refractivity contribution in [1.82, 2.24) is 4.90 Å². The average molecular weight is 422 g/mol. The van der Waals surface area contributed by atoms with Crippen molar-refractivity contribution in [3.05, 3.63) is 0 Å². The van der Waals surface area contributed by atoms with E-state index in [-0.39, 0.29) is 0 Å². The highest BCUT2D eigenvalue weighted by Crippen LogP contribution is 2.22. The molecular weight excluding hydrogens is 362 g/mol. The molecule has 0 aromatic rings. The van der Waals surface area contributed by atoms with E-state index in [1.165, 1.54) is 161 Å². The second-order valence-electron chi connectivity index (χ2n) is 11.2. The van der Waals surface area contributed by atoms with Gasteiger partial charge in [-0.1, -0.05) is 143 Å². The van der Waals surface area contributed by atoms with E-state index < -0.39 is 0 Å². The molecule has 0 saturated carbocycles. The van der Waals surface area contributed by atoms with E-state index in [4.69, 9.17) is 0 Å². The predicted molar refractivity (Wildman–Crippen MR) is 137 cm³/mol. The highest BCUT2D eigenvalue weighted by atomic mass is 15.1. The van der Waals surface area contributed by atoms with Crippen molar-refractivity contribution in [3.8, 4) is 0 Å². The minimum atomic E-state index is 0.475. The summed E-state index contributed by atoms with van der Waals surface area (Å²) in [6.45, 7) is 11.2. The Morgan fingerprint density at radius 3 is 0.900 bits per heavy atom. The molecule has 1 aliphatic heterocycles. The number of hydrogen-bond donors (Lipinski definition) is 0. The van der Waals surface area contributed by atoms with Gasteiger partial charge in [0.15, 0.2) is 0 Å². The Labute approximate surface area is 192 Å². The third-order valence-electron chi connectivity index (χ3n) is 7.56. The van der Waals surface area contributed by atoms with Crippen LogP contribution in [0, 0.1) is 5.41 Å². The lowest BCUT2D eigenvalue weighted by atomic mass is 9.89. The van der Waals surface area contributed by atoms with Crippen molar-refractivity contribution < 1.29 is 0 Å². The Morgan fingerprint density at radius 2 is 0.667 bits per heavy atom. The molecule has 30 heavy (non-hydrogen) atoms. The molecule has 0 aromatic heterocycles. The van der Waals surface area contributed by atoms with Crippen molar-refractivity contribution in [2.45, 2.75) is 162 Å². The topological polar surface area (TPSA) is 3.24 Å². The highest BCUT2D eigenvalue weighted by molar-refractivity contribution is 4.73. The van der Waals surface area contributed by atoms with Crippen LogP contribution in [-0.4, -0.2) is 24.5 Å². The van der Waals surface area contributed by atoms with Gasteiger partial charge in [0, 0.05) is 6.54 Å². The normalized spacial score (nSPS) is 22.9. The van der Waals surface area contributed by atoms with Crippen LogP contribution in [0.3, 0.4) is 0 Å².